The number of nitrogens with zero attached hydrogens (tertiary/aromatic N) is 1. The summed E-state index contributed by atoms with van der Waals surface area (Å²) in [5, 5.41) is 0. The second-order valence-electron chi connectivity index (χ2n) is 4.22. The molecule has 1 aromatic carbocycles. The lowest BCUT2D eigenvalue weighted by Gasteiger charge is -2.12. The number of benzene rings is 1. The Bertz CT molecular complexity index is 428. The van der Waals surface area contributed by atoms with Gasteiger partial charge in [0.2, 0.25) is 5.91 Å². The molecule has 2 N–H and O–H groups in total. The van der Waals surface area contributed by atoms with Gasteiger partial charge in [-0.15, -0.1) is 0 Å². The molecule has 0 bridgehead atoms. The van der Waals surface area contributed by atoms with Crippen molar-refractivity contribution in [1.82, 2.24) is 4.90 Å². The number of rotatable bonds is 2. The normalized spacial score (nSPS) is 20.1. The molecule has 3 nitrogen and oxygen atoms in total. The number of carbonyl (C=O) groups is 1. The van der Waals surface area contributed by atoms with E-state index in [2.05, 4.69) is 0 Å². The Morgan fingerprint density at radius 2 is 2.12 bits per heavy atom. The molecule has 1 aliphatic heterocycles. The van der Waals surface area contributed by atoms with Gasteiger partial charge in [-0.3, -0.25) is 4.79 Å². The number of halogens is 1. The first-order chi connectivity index (χ1) is 8.15. The minimum Gasteiger partial charge on any atom is -0.338 e. The third kappa shape index (κ3) is 3.14. The molecule has 4 heteroatoms. The number of likely N-dealkylation sites (tertiary alicyclic amines) is 1. The Kier molecular flexibility index (Phi) is 3.54. The molecule has 1 amide bonds. The molecule has 1 aromatic rings. The highest BCUT2D eigenvalue weighted by atomic mass is 19.1. The van der Waals surface area contributed by atoms with Gasteiger partial charge in [0.1, 0.15) is 5.82 Å². The third-order valence-electron chi connectivity index (χ3n) is 2.82. The van der Waals surface area contributed by atoms with E-state index in [0.717, 1.165) is 12.0 Å². The van der Waals surface area contributed by atoms with Crippen molar-refractivity contribution in [2.75, 3.05) is 13.1 Å². The molecule has 17 heavy (non-hydrogen) atoms. The second-order valence-corrected chi connectivity index (χ2v) is 4.22. The average Bonchev–Trinajstić information content (AvgIpc) is 2.75. The van der Waals surface area contributed by atoms with Crippen molar-refractivity contribution >= 4 is 12.0 Å². The van der Waals surface area contributed by atoms with Crippen LogP contribution < -0.4 is 5.73 Å². The molecule has 0 saturated carbocycles. The Balaban J connectivity index is 1.96. The zero-order valence-corrected chi connectivity index (χ0v) is 9.47. The van der Waals surface area contributed by atoms with Crippen LogP contribution in [0.3, 0.4) is 0 Å². The lowest BCUT2D eigenvalue weighted by Crippen LogP contribution is -2.30. The Morgan fingerprint density at radius 1 is 1.41 bits per heavy atom. The van der Waals surface area contributed by atoms with Crippen LogP contribution in [-0.4, -0.2) is 29.9 Å². The standard InChI is InChI=1S/C13H15FN2O/c14-11-4-1-10(2-5-11)3-6-13(17)16-8-7-12(15)9-16/h1-6,12H,7-9,15H2/b6-3+. The molecule has 90 valence electrons. The zero-order chi connectivity index (χ0) is 12.3. The van der Waals surface area contributed by atoms with Crippen LogP contribution in [0.15, 0.2) is 30.3 Å². The summed E-state index contributed by atoms with van der Waals surface area (Å²) in [6.45, 7) is 1.33. The van der Waals surface area contributed by atoms with Gasteiger partial charge in [0.25, 0.3) is 0 Å². The van der Waals surface area contributed by atoms with E-state index in [0.29, 0.717) is 13.1 Å². The fraction of sp³-hybridized carbons (Fsp3) is 0.308. The van der Waals surface area contributed by atoms with E-state index in [1.54, 1.807) is 23.1 Å². The molecular weight excluding hydrogens is 219 g/mol. The predicted octanol–water partition coefficient (Wildman–Crippen LogP) is 1.40. The summed E-state index contributed by atoms with van der Waals surface area (Å²) in [5.41, 5.74) is 6.54. The highest BCUT2D eigenvalue weighted by Crippen LogP contribution is 2.09. The van der Waals surface area contributed by atoms with Crippen LogP contribution in [0.5, 0.6) is 0 Å². The summed E-state index contributed by atoms with van der Waals surface area (Å²) < 4.78 is 12.7. The first-order valence-electron chi connectivity index (χ1n) is 5.63. The summed E-state index contributed by atoms with van der Waals surface area (Å²) in [5.74, 6) is -0.318. The highest BCUT2D eigenvalue weighted by Gasteiger charge is 2.21. The molecule has 1 heterocycles. The van der Waals surface area contributed by atoms with Gasteiger partial charge in [0.05, 0.1) is 0 Å². The topological polar surface area (TPSA) is 46.3 Å². The van der Waals surface area contributed by atoms with Gasteiger partial charge < -0.3 is 10.6 Å². The van der Waals surface area contributed by atoms with E-state index in [1.165, 1.54) is 18.2 Å². The van der Waals surface area contributed by atoms with Crippen LogP contribution in [0.1, 0.15) is 12.0 Å². The van der Waals surface area contributed by atoms with Crippen LogP contribution in [0, 0.1) is 5.82 Å². The van der Waals surface area contributed by atoms with Crippen LogP contribution in [0.2, 0.25) is 0 Å². The molecule has 1 atom stereocenters. The molecule has 1 fully saturated rings. The molecule has 0 aromatic heterocycles. The van der Waals surface area contributed by atoms with Gasteiger partial charge in [-0.25, -0.2) is 4.39 Å². The van der Waals surface area contributed by atoms with E-state index in [9.17, 15) is 9.18 Å². The molecule has 0 radical (unpaired) electrons. The van der Waals surface area contributed by atoms with E-state index in [4.69, 9.17) is 5.73 Å². The first-order valence-corrected chi connectivity index (χ1v) is 5.63. The second kappa shape index (κ2) is 5.10. The maximum atomic E-state index is 12.7. The number of nitrogens with two attached hydrogens (primary N) is 1. The summed E-state index contributed by atoms with van der Waals surface area (Å²) in [6, 6.07) is 6.10. The predicted molar refractivity (Wildman–Crippen MR) is 64.6 cm³/mol. The minimum atomic E-state index is -0.279. The van der Waals surface area contributed by atoms with Crippen molar-refractivity contribution in [3.05, 3.63) is 41.7 Å². The molecule has 0 aliphatic carbocycles. The van der Waals surface area contributed by atoms with Gasteiger partial charge in [-0.05, 0) is 30.2 Å². The van der Waals surface area contributed by atoms with Crippen LogP contribution in [0.25, 0.3) is 6.08 Å². The maximum Gasteiger partial charge on any atom is 0.246 e. The summed E-state index contributed by atoms with van der Waals surface area (Å²) >= 11 is 0. The maximum absolute atomic E-state index is 12.7. The van der Waals surface area contributed by atoms with E-state index < -0.39 is 0 Å². The van der Waals surface area contributed by atoms with Gasteiger partial charge in [0.15, 0.2) is 0 Å². The number of hydrogen-bond acceptors (Lipinski definition) is 2. The Labute approximate surface area is 99.7 Å². The van der Waals surface area contributed by atoms with Crippen molar-refractivity contribution in [3.8, 4) is 0 Å². The van der Waals surface area contributed by atoms with Crippen molar-refractivity contribution in [3.63, 3.8) is 0 Å². The monoisotopic (exact) mass is 234 g/mol. The van der Waals surface area contributed by atoms with Crippen LogP contribution in [0.4, 0.5) is 4.39 Å². The minimum absolute atomic E-state index is 0.0396. The number of amides is 1. The van der Waals surface area contributed by atoms with E-state index in [-0.39, 0.29) is 17.8 Å². The fourth-order valence-corrected chi connectivity index (χ4v) is 1.83. The first kappa shape index (κ1) is 11.8. The van der Waals surface area contributed by atoms with Gasteiger partial charge in [0, 0.05) is 25.2 Å². The summed E-state index contributed by atoms with van der Waals surface area (Å²) in [6.07, 6.45) is 4.05. The van der Waals surface area contributed by atoms with Gasteiger partial charge in [-0.1, -0.05) is 12.1 Å². The van der Waals surface area contributed by atoms with E-state index >= 15 is 0 Å². The van der Waals surface area contributed by atoms with E-state index in [1.807, 2.05) is 0 Å². The zero-order valence-electron chi connectivity index (χ0n) is 9.47. The lowest BCUT2D eigenvalue weighted by atomic mass is 10.2. The van der Waals surface area contributed by atoms with Crippen molar-refractivity contribution in [2.24, 2.45) is 5.73 Å². The Hall–Kier alpha value is -1.68. The number of hydrogen-bond donors (Lipinski definition) is 1. The fourth-order valence-electron chi connectivity index (χ4n) is 1.83. The Morgan fingerprint density at radius 3 is 2.71 bits per heavy atom. The largest absolute Gasteiger partial charge is 0.338 e. The third-order valence-corrected chi connectivity index (χ3v) is 2.82. The molecule has 1 saturated heterocycles. The average molecular weight is 234 g/mol. The van der Waals surface area contributed by atoms with Gasteiger partial charge in [-0.2, -0.15) is 0 Å². The smallest absolute Gasteiger partial charge is 0.246 e. The highest BCUT2D eigenvalue weighted by molar-refractivity contribution is 5.92. The quantitative estimate of drug-likeness (QED) is 0.786. The SMILES string of the molecule is NC1CCN(C(=O)/C=C/c2ccc(F)cc2)C1. The lowest BCUT2D eigenvalue weighted by molar-refractivity contribution is -0.124. The molecule has 2 rings (SSSR count). The summed E-state index contributed by atoms with van der Waals surface area (Å²) in [7, 11) is 0. The van der Waals surface area contributed by atoms with Crippen molar-refractivity contribution in [1.29, 1.82) is 0 Å². The summed E-state index contributed by atoms with van der Waals surface area (Å²) in [4.78, 5) is 13.5. The van der Waals surface area contributed by atoms with Crippen LogP contribution >= 0.6 is 0 Å². The molecular formula is C13H15FN2O. The van der Waals surface area contributed by atoms with Crippen molar-refractivity contribution in [2.45, 2.75) is 12.5 Å². The molecule has 1 aliphatic rings. The van der Waals surface area contributed by atoms with Crippen molar-refractivity contribution < 1.29 is 9.18 Å². The number of carbonyl (C=O) groups excluding carboxylic acids is 1. The molecule has 0 spiro atoms. The molecule has 1 unspecified atom stereocenters. The van der Waals surface area contributed by atoms with Crippen LogP contribution in [-0.2, 0) is 4.79 Å². The van der Waals surface area contributed by atoms with Gasteiger partial charge >= 0.3 is 0 Å².